The number of amides is 1. The highest BCUT2D eigenvalue weighted by Crippen LogP contribution is 2.28. The number of aromatic nitrogens is 1. The zero-order chi connectivity index (χ0) is 22.1. The molecule has 0 N–H and O–H groups in total. The monoisotopic (exact) mass is 411 g/mol. The Balaban J connectivity index is 2.20. The van der Waals surface area contributed by atoms with Crippen molar-refractivity contribution in [2.24, 2.45) is 4.99 Å². The molecule has 6 heteroatoms. The van der Waals surface area contributed by atoms with Gasteiger partial charge in [-0.2, -0.15) is 0 Å². The quantitative estimate of drug-likeness (QED) is 0.485. The number of ether oxygens (including phenoxy) is 1. The summed E-state index contributed by atoms with van der Waals surface area (Å²) in [4.78, 5) is 22.9. The first kappa shape index (κ1) is 23.3. The molecule has 0 unspecified atom stereocenters. The smallest absolute Gasteiger partial charge is 0.267 e. The predicted octanol–water partition coefficient (Wildman–Crippen LogP) is 5.87. The standard InChI is InChI=1S/C24H30FN3O2/c1-6-8-14-28(7-2)24(29)19(5)27-18(4)17(3)20-11-12-23(22(25)15-20)30-21-10-9-13-26-16-21/h9-13,15-16H,6-8,14H2,1-5H3/b18-17+,27-19?. The van der Waals surface area contributed by atoms with Gasteiger partial charge in [-0.05, 0) is 69.5 Å². The van der Waals surface area contributed by atoms with Crippen molar-refractivity contribution < 1.29 is 13.9 Å². The summed E-state index contributed by atoms with van der Waals surface area (Å²) in [5.41, 5.74) is 2.59. The zero-order valence-corrected chi connectivity index (χ0v) is 18.4. The van der Waals surface area contributed by atoms with Gasteiger partial charge < -0.3 is 9.64 Å². The van der Waals surface area contributed by atoms with E-state index in [0.717, 1.165) is 25.0 Å². The molecule has 0 radical (unpaired) electrons. The maximum Gasteiger partial charge on any atom is 0.267 e. The van der Waals surface area contributed by atoms with Crippen LogP contribution in [0.5, 0.6) is 11.5 Å². The minimum Gasteiger partial charge on any atom is -0.453 e. The van der Waals surface area contributed by atoms with Gasteiger partial charge >= 0.3 is 0 Å². The molecule has 0 bridgehead atoms. The van der Waals surface area contributed by atoms with Gasteiger partial charge in [-0.15, -0.1) is 0 Å². The molecule has 1 amide bonds. The minimum absolute atomic E-state index is 0.0653. The fourth-order valence-corrected chi connectivity index (χ4v) is 2.92. The van der Waals surface area contributed by atoms with Crippen molar-refractivity contribution in [3.63, 3.8) is 0 Å². The number of halogens is 1. The molecule has 30 heavy (non-hydrogen) atoms. The van der Waals surface area contributed by atoms with E-state index < -0.39 is 5.82 Å². The molecule has 5 nitrogen and oxygen atoms in total. The maximum absolute atomic E-state index is 14.6. The van der Waals surface area contributed by atoms with E-state index in [1.54, 1.807) is 42.3 Å². The SMILES string of the molecule is CCCCN(CC)C(=O)C(C)=N/C(C)=C(\C)c1ccc(Oc2cccnc2)c(F)c1. The van der Waals surface area contributed by atoms with E-state index in [-0.39, 0.29) is 11.7 Å². The highest BCUT2D eigenvalue weighted by molar-refractivity contribution is 6.38. The van der Waals surface area contributed by atoms with Gasteiger partial charge in [0.05, 0.1) is 6.20 Å². The number of rotatable bonds is 9. The summed E-state index contributed by atoms with van der Waals surface area (Å²) >= 11 is 0. The van der Waals surface area contributed by atoms with E-state index in [4.69, 9.17) is 4.74 Å². The lowest BCUT2D eigenvalue weighted by atomic mass is 10.1. The van der Waals surface area contributed by atoms with Crippen molar-refractivity contribution >= 4 is 17.2 Å². The summed E-state index contributed by atoms with van der Waals surface area (Å²) in [6.07, 6.45) is 5.15. The summed E-state index contributed by atoms with van der Waals surface area (Å²) in [6.45, 7) is 10.8. The number of pyridine rings is 1. The van der Waals surface area contributed by atoms with Crippen LogP contribution in [-0.2, 0) is 4.79 Å². The van der Waals surface area contributed by atoms with Crippen molar-refractivity contribution in [2.45, 2.75) is 47.5 Å². The largest absolute Gasteiger partial charge is 0.453 e. The van der Waals surface area contributed by atoms with Gasteiger partial charge in [0.15, 0.2) is 11.6 Å². The Morgan fingerprint density at radius 1 is 1.20 bits per heavy atom. The second kappa shape index (κ2) is 11.2. The van der Waals surface area contributed by atoms with Gasteiger partial charge in [-0.1, -0.05) is 19.4 Å². The van der Waals surface area contributed by atoms with Crippen molar-refractivity contribution in [1.82, 2.24) is 9.88 Å². The van der Waals surface area contributed by atoms with Gasteiger partial charge in [0.2, 0.25) is 0 Å². The van der Waals surface area contributed by atoms with Crippen LogP contribution >= 0.6 is 0 Å². The number of benzene rings is 1. The molecule has 1 aromatic carbocycles. The molecule has 0 spiro atoms. The lowest BCUT2D eigenvalue weighted by Crippen LogP contribution is -2.36. The van der Waals surface area contributed by atoms with Crippen LogP contribution in [0.2, 0.25) is 0 Å². The van der Waals surface area contributed by atoms with Crippen molar-refractivity contribution in [3.8, 4) is 11.5 Å². The topological polar surface area (TPSA) is 54.8 Å². The van der Waals surface area contributed by atoms with Crippen molar-refractivity contribution in [2.75, 3.05) is 13.1 Å². The summed E-state index contributed by atoms with van der Waals surface area (Å²) in [6, 6.07) is 8.21. The van der Waals surface area contributed by atoms with E-state index >= 15 is 0 Å². The van der Waals surface area contributed by atoms with E-state index in [2.05, 4.69) is 16.9 Å². The molecule has 0 saturated heterocycles. The summed E-state index contributed by atoms with van der Waals surface area (Å²) in [7, 11) is 0. The number of hydrogen-bond acceptors (Lipinski definition) is 4. The first-order chi connectivity index (χ1) is 14.4. The van der Waals surface area contributed by atoms with Crippen LogP contribution in [0.15, 0.2) is 53.4 Å². The molecule has 0 aliphatic rings. The Bertz CT molecular complexity index is 923. The lowest BCUT2D eigenvalue weighted by Gasteiger charge is -2.20. The van der Waals surface area contributed by atoms with Gasteiger partial charge in [0, 0.05) is 25.0 Å². The predicted molar refractivity (Wildman–Crippen MR) is 119 cm³/mol. The van der Waals surface area contributed by atoms with Crippen LogP contribution in [0.3, 0.4) is 0 Å². The van der Waals surface area contributed by atoms with Crippen molar-refractivity contribution in [1.29, 1.82) is 0 Å². The molecule has 2 aromatic rings. The first-order valence-corrected chi connectivity index (χ1v) is 10.3. The molecular weight excluding hydrogens is 381 g/mol. The Morgan fingerprint density at radius 2 is 1.97 bits per heavy atom. The molecule has 0 fully saturated rings. The fourth-order valence-electron chi connectivity index (χ4n) is 2.92. The number of carbonyl (C=O) groups excluding carboxylic acids is 1. The molecule has 1 heterocycles. The van der Waals surface area contributed by atoms with Crippen LogP contribution in [0.4, 0.5) is 4.39 Å². The second-order valence-electron chi connectivity index (χ2n) is 7.08. The van der Waals surface area contributed by atoms with Gasteiger partial charge in [-0.3, -0.25) is 14.8 Å². The Kier molecular flexibility index (Phi) is 8.71. The van der Waals surface area contributed by atoms with Crippen LogP contribution in [0.1, 0.15) is 53.0 Å². The minimum atomic E-state index is -0.475. The van der Waals surface area contributed by atoms with Crippen LogP contribution in [-0.4, -0.2) is 34.6 Å². The molecule has 1 aromatic heterocycles. The van der Waals surface area contributed by atoms with Gasteiger partial charge in [0.25, 0.3) is 5.91 Å². The van der Waals surface area contributed by atoms with Crippen LogP contribution < -0.4 is 4.74 Å². The van der Waals surface area contributed by atoms with Crippen LogP contribution in [0, 0.1) is 5.82 Å². The number of unbranched alkanes of at least 4 members (excludes halogenated alkanes) is 1. The Hall–Kier alpha value is -3.02. The van der Waals surface area contributed by atoms with Crippen LogP contribution in [0.25, 0.3) is 5.57 Å². The number of aliphatic imine (C=N–C) groups is 1. The van der Waals surface area contributed by atoms with E-state index in [9.17, 15) is 9.18 Å². The van der Waals surface area contributed by atoms with E-state index in [1.807, 2.05) is 20.8 Å². The molecule has 160 valence electrons. The second-order valence-corrected chi connectivity index (χ2v) is 7.08. The maximum atomic E-state index is 14.6. The normalized spacial score (nSPS) is 12.4. The Morgan fingerprint density at radius 3 is 2.57 bits per heavy atom. The molecule has 0 aliphatic heterocycles. The molecule has 0 saturated carbocycles. The van der Waals surface area contributed by atoms with Gasteiger partial charge in [0.1, 0.15) is 11.5 Å². The number of hydrogen-bond donors (Lipinski definition) is 0. The molecule has 2 rings (SSSR count). The number of allylic oxidation sites excluding steroid dienone is 2. The van der Waals surface area contributed by atoms with Gasteiger partial charge in [-0.25, -0.2) is 4.39 Å². The average Bonchev–Trinajstić information content (AvgIpc) is 2.75. The number of carbonyl (C=O) groups is 1. The molecule has 0 atom stereocenters. The third-order valence-corrected chi connectivity index (χ3v) is 4.87. The summed E-state index contributed by atoms with van der Waals surface area (Å²) in [5, 5.41) is 0. The van der Waals surface area contributed by atoms with Crippen molar-refractivity contribution in [3.05, 3.63) is 59.8 Å². The molecule has 0 aliphatic carbocycles. The summed E-state index contributed by atoms with van der Waals surface area (Å²) in [5.74, 6) is 0.0537. The highest BCUT2D eigenvalue weighted by atomic mass is 19.1. The zero-order valence-electron chi connectivity index (χ0n) is 18.4. The third kappa shape index (κ3) is 6.24. The summed E-state index contributed by atoms with van der Waals surface area (Å²) < 4.78 is 20.1. The first-order valence-electron chi connectivity index (χ1n) is 10.3. The average molecular weight is 412 g/mol. The number of nitrogens with zero attached hydrogens (tertiary/aromatic N) is 3. The van der Waals surface area contributed by atoms with E-state index in [1.165, 1.54) is 12.3 Å². The Labute approximate surface area is 178 Å². The molecular formula is C24H30FN3O2. The highest BCUT2D eigenvalue weighted by Gasteiger charge is 2.15. The van der Waals surface area contributed by atoms with E-state index in [0.29, 0.717) is 29.3 Å². The lowest BCUT2D eigenvalue weighted by molar-refractivity contribution is -0.124. The fraction of sp³-hybridized carbons (Fsp3) is 0.375. The third-order valence-electron chi connectivity index (χ3n) is 4.87.